The van der Waals surface area contributed by atoms with Gasteiger partial charge in [0.05, 0.1) is 5.41 Å². The van der Waals surface area contributed by atoms with Crippen LogP contribution in [0.5, 0.6) is 0 Å². The Morgan fingerprint density at radius 3 is 2.85 bits per heavy atom. The molecule has 1 aliphatic rings. The number of rotatable bonds is 4. The van der Waals surface area contributed by atoms with Crippen molar-refractivity contribution >= 4 is 11.9 Å². The number of H-pyrrole nitrogens is 1. The number of carboxylic acids is 1. The van der Waals surface area contributed by atoms with Gasteiger partial charge < -0.3 is 15.0 Å². The van der Waals surface area contributed by atoms with Crippen LogP contribution in [0, 0.1) is 5.41 Å². The molecule has 2 N–H and O–H groups in total. The molecule has 2 rings (SSSR count). The molecule has 0 radical (unpaired) electrons. The van der Waals surface area contributed by atoms with Gasteiger partial charge >= 0.3 is 5.97 Å². The van der Waals surface area contributed by atoms with Crippen molar-refractivity contribution in [3.8, 4) is 0 Å². The van der Waals surface area contributed by atoms with Crippen molar-refractivity contribution < 1.29 is 14.7 Å². The maximum Gasteiger partial charge on any atom is 0.311 e. The first kappa shape index (κ1) is 14.3. The van der Waals surface area contributed by atoms with E-state index in [9.17, 15) is 19.5 Å². The quantitative estimate of drug-likeness (QED) is 0.862. The van der Waals surface area contributed by atoms with Crippen LogP contribution in [0.2, 0.25) is 0 Å². The molecule has 20 heavy (non-hydrogen) atoms. The fourth-order valence-corrected chi connectivity index (χ4v) is 2.76. The van der Waals surface area contributed by atoms with E-state index < -0.39 is 17.3 Å². The molecule has 1 aromatic rings. The number of nitrogens with one attached hydrogen (secondary N) is 1. The van der Waals surface area contributed by atoms with Crippen LogP contribution in [0.15, 0.2) is 23.3 Å². The Kier molecular flexibility index (Phi) is 3.92. The maximum absolute atomic E-state index is 12.3. The largest absolute Gasteiger partial charge is 0.481 e. The minimum Gasteiger partial charge on any atom is -0.481 e. The fraction of sp³-hybridized carbons (Fsp3) is 0.500. The topological polar surface area (TPSA) is 90.5 Å². The summed E-state index contributed by atoms with van der Waals surface area (Å²) >= 11 is 0. The van der Waals surface area contributed by atoms with Crippen LogP contribution in [0.3, 0.4) is 0 Å². The summed E-state index contributed by atoms with van der Waals surface area (Å²) in [6, 6.07) is 1.29. The molecule has 1 fully saturated rings. The van der Waals surface area contributed by atoms with Gasteiger partial charge in [0.2, 0.25) is 0 Å². The maximum atomic E-state index is 12.3. The number of carbonyl (C=O) groups excluding carboxylic acids is 1. The lowest BCUT2D eigenvalue weighted by molar-refractivity contribution is -0.148. The van der Waals surface area contributed by atoms with Crippen molar-refractivity contribution in [3.63, 3.8) is 0 Å². The van der Waals surface area contributed by atoms with E-state index in [1.54, 1.807) is 0 Å². The van der Waals surface area contributed by atoms with Gasteiger partial charge in [-0.15, -0.1) is 0 Å². The molecule has 108 valence electrons. The number of nitrogens with zero attached hydrogens (tertiary/aromatic N) is 1. The number of aromatic amines is 1. The fourth-order valence-electron chi connectivity index (χ4n) is 2.76. The van der Waals surface area contributed by atoms with Gasteiger partial charge in [-0.1, -0.05) is 13.3 Å². The number of pyridine rings is 1. The minimum absolute atomic E-state index is 0.0604. The second-order valence-electron chi connectivity index (χ2n) is 5.23. The zero-order valence-electron chi connectivity index (χ0n) is 11.4. The number of carbonyl (C=O) groups is 2. The van der Waals surface area contributed by atoms with E-state index in [2.05, 4.69) is 4.98 Å². The number of carboxylic acid groups (broad SMARTS) is 1. The van der Waals surface area contributed by atoms with Gasteiger partial charge in [-0.25, -0.2) is 0 Å². The number of aromatic nitrogens is 1. The van der Waals surface area contributed by atoms with Crippen molar-refractivity contribution in [2.24, 2.45) is 5.41 Å². The van der Waals surface area contributed by atoms with E-state index in [-0.39, 0.29) is 17.5 Å². The summed E-state index contributed by atoms with van der Waals surface area (Å²) < 4.78 is 0. The summed E-state index contributed by atoms with van der Waals surface area (Å²) in [5, 5.41) is 9.41. The predicted octanol–water partition coefficient (Wildman–Crippen LogP) is 1.09. The molecule has 1 amide bonds. The molecule has 0 aliphatic carbocycles. The van der Waals surface area contributed by atoms with Crippen molar-refractivity contribution in [3.05, 3.63) is 34.2 Å². The van der Waals surface area contributed by atoms with Crippen LogP contribution in [0.4, 0.5) is 0 Å². The van der Waals surface area contributed by atoms with Crippen LogP contribution in [0.1, 0.15) is 36.5 Å². The lowest BCUT2D eigenvalue weighted by atomic mass is 9.83. The number of hydrogen-bond acceptors (Lipinski definition) is 3. The highest BCUT2D eigenvalue weighted by molar-refractivity contribution is 5.94. The Hall–Kier alpha value is -2.11. The molecule has 0 saturated carbocycles. The van der Waals surface area contributed by atoms with Gasteiger partial charge in [-0.3, -0.25) is 14.4 Å². The molecule has 6 heteroatoms. The number of hydrogen-bond donors (Lipinski definition) is 2. The Bertz CT molecular complexity index is 581. The Morgan fingerprint density at radius 1 is 1.50 bits per heavy atom. The predicted molar refractivity (Wildman–Crippen MR) is 72.6 cm³/mol. The van der Waals surface area contributed by atoms with Crippen LogP contribution < -0.4 is 5.43 Å². The van der Waals surface area contributed by atoms with E-state index in [4.69, 9.17) is 0 Å². The second-order valence-corrected chi connectivity index (χ2v) is 5.23. The third-order valence-corrected chi connectivity index (χ3v) is 3.88. The molecular weight excluding hydrogens is 260 g/mol. The summed E-state index contributed by atoms with van der Waals surface area (Å²) in [5.41, 5.74) is -1.16. The summed E-state index contributed by atoms with van der Waals surface area (Å²) in [7, 11) is 0. The van der Waals surface area contributed by atoms with Crippen molar-refractivity contribution in [1.82, 2.24) is 9.88 Å². The van der Waals surface area contributed by atoms with E-state index in [0.29, 0.717) is 19.4 Å². The van der Waals surface area contributed by atoms with Crippen molar-refractivity contribution in [2.45, 2.75) is 26.2 Å². The Morgan fingerprint density at radius 2 is 2.25 bits per heavy atom. The second kappa shape index (κ2) is 5.48. The van der Waals surface area contributed by atoms with Crippen LogP contribution in [-0.4, -0.2) is 40.0 Å². The average Bonchev–Trinajstić information content (AvgIpc) is 2.85. The summed E-state index contributed by atoms with van der Waals surface area (Å²) in [5.74, 6) is -1.26. The first-order chi connectivity index (χ1) is 9.50. The van der Waals surface area contributed by atoms with Gasteiger partial charge in [0.15, 0.2) is 5.43 Å². The minimum atomic E-state index is -0.869. The zero-order chi connectivity index (χ0) is 14.8. The van der Waals surface area contributed by atoms with Gasteiger partial charge in [0.25, 0.3) is 5.91 Å². The van der Waals surface area contributed by atoms with E-state index in [1.165, 1.54) is 23.4 Å². The SMILES string of the molecule is CCCC1(C(=O)O)CCN(C(=O)c2c[nH]ccc2=O)C1. The average molecular weight is 278 g/mol. The summed E-state index contributed by atoms with van der Waals surface area (Å²) in [4.78, 5) is 39.6. The molecule has 0 spiro atoms. The highest BCUT2D eigenvalue weighted by Crippen LogP contribution is 2.35. The van der Waals surface area contributed by atoms with E-state index >= 15 is 0 Å². The summed E-state index contributed by atoms with van der Waals surface area (Å²) in [6.07, 6.45) is 4.55. The standard InChI is InChI=1S/C14H18N2O4/c1-2-4-14(13(19)20)5-7-16(9-14)12(18)10-8-15-6-3-11(10)17/h3,6,8H,2,4-5,7,9H2,1H3,(H,15,17)(H,19,20). The van der Waals surface area contributed by atoms with Gasteiger partial charge in [-0.2, -0.15) is 0 Å². The zero-order valence-corrected chi connectivity index (χ0v) is 11.4. The number of amides is 1. The first-order valence-electron chi connectivity index (χ1n) is 6.70. The monoisotopic (exact) mass is 278 g/mol. The highest BCUT2D eigenvalue weighted by atomic mass is 16.4. The molecular formula is C14H18N2O4. The first-order valence-corrected chi connectivity index (χ1v) is 6.70. The molecule has 1 unspecified atom stereocenters. The lowest BCUT2D eigenvalue weighted by Crippen LogP contribution is -2.38. The highest BCUT2D eigenvalue weighted by Gasteiger charge is 2.45. The number of aliphatic carboxylic acids is 1. The van der Waals surface area contributed by atoms with Crippen LogP contribution in [-0.2, 0) is 4.79 Å². The smallest absolute Gasteiger partial charge is 0.311 e. The molecule has 1 saturated heterocycles. The van der Waals surface area contributed by atoms with Crippen LogP contribution in [0.25, 0.3) is 0 Å². The molecule has 0 aromatic carbocycles. The molecule has 0 bridgehead atoms. The third kappa shape index (κ3) is 2.45. The Labute approximate surface area is 116 Å². The molecule has 1 aromatic heterocycles. The molecule has 2 heterocycles. The normalized spacial score (nSPS) is 21.9. The van der Waals surface area contributed by atoms with E-state index in [0.717, 1.165) is 6.42 Å². The summed E-state index contributed by atoms with van der Waals surface area (Å²) in [6.45, 7) is 2.47. The third-order valence-electron chi connectivity index (χ3n) is 3.88. The molecule has 1 atom stereocenters. The van der Waals surface area contributed by atoms with E-state index in [1.807, 2.05) is 6.92 Å². The van der Waals surface area contributed by atoms with Gasteiger partial charge in [0.1, 0.15) is 5.56 Å². The van der Waals surface area contributed by atoms with Crippen molar-refractivity contribution in [1.29, 1.82) is 0 Å². The van der Waals surface area contributed by atoms with Gasteiger partial charge in [-0.05, 0) is 12.8 Å². The molecule has 1 aliphatic heterocycles. The van der Waals surface area contributed by atoms with Gasteiger partial charge in [0, 0.05) is 31.5 Å². The van der Waals surface area contributed by atoms with Crippen molar-refractivity contribution in [2.75, 3.05) is 13.1 Å². The number of likely N-dealkylation sites (tertiary alicyclic amines) is 1. The Balaban J connectivity index is 2.21. The molecule has 6 nitrogen and oxygen atoms in total. The van der Waals surface area contributed by atoms with Crippen LogP contribution >= 0.6 is 0 Å². The lowest BCUT2D eigenvalue weighted by Gasteiger charge is -2.24.